The summed E-state index contributed by atoms with van der Waals surface area (Å²) in [6.07, 6.45) is 2.82. The van der Waals surface area contributed by atoms with Gasteiger partial charge < -0.3 is 15.1 Å². The highest BCUT2D eigenvalue weighted by atomic mass is 35.5. The molecule has 7 heteroatoms. The minimum atomic E-state index is 0. The number of hydrogen-bond donors (Lipinski definition) is 1. The van der Waals surface area contributed by atoms with Crippen LogP contribution in [-0.2, 0) is 4.79 Å². The Labute approximate surface area is 167 Å². The number of anilines is 1. The number of hydrogen-bond acceptors (Lipinski definition) is 4. The molecule has 0 aliphatic carbocycles. The molecule has 2 fully saturated rings. The smallest absolute Gasteiger partial charge is 0.224 e. The van der Waals surface area contributed by atoms with E-state index in [9.17, 15) is 4.79 Å². The van der Waals surface area contributed by atoms with Gasteiger partial charge in [0.25, 0.3) is 0 Å². The van der Waals surface area contributed by atoms with Gasteiger partial charge in [-0.25, -0.2) is 0 Å². The molecule has 3 rings (SSSR count). The summed E-state index contributed by atoms with van der Waals surface area (Å²) in [6.45, 7) is 1.92. The molecule has 0 spiro atoms. The number of nitrogens with zero attached hydrogens (tertiary/aromatic N) is 2. The normalized spacial score (nSPS) is 22.7. The van der Waals surface area contributed by atoms with Crippen molar-refractivity contribution < 1.29 is 4.79 Å². The summed E-state index contributed by atoms with van der Waals surface area (Å²) in [5.41, 5.74) is 2.47. The van der Waals surface area contributed by atoms with E-state index in [-0.39, 0.29) is 30.9 Å². The van der Waals surface area contributed by atoms with Crippen LogP contribution in [0, 0.1) is 0 Å². The molecule has 2 heterocycles. The summed E-state index contributed by atoms with van der Waals surface area (Å²) in [5.74, 6) is 2.53. The lowest BCUT2D eigenvalue weighted by atomic mass is 10.0. The predicted octanol–water partition coefficient (Wildman–Crippen LogP) is 3.35. The zero-order valence-electron chi connectivity index (χ0n) is 14.9. The zero-order chi connectivity index (χ0) is 16.2. The molecule has 1 aromatic carbocycles. The highest BCUT2D eigenvalue weighted by Gasteiger charge is 2.31. The Morgan fingerprint density at radius 2 is 2.16 bits per heavy atom. The first-order valence-electron chi connectivity index (χ1n) is 8.53. The van der Waals surface area contributed by atoms with Gasteiger partial charge in [0.05, 0.1) is 6.04 Å². The largest absolute Gasteiger partial charge is 0.378 e. The number of amides is 1. The van der Waals surface area contributed by atoms with Crippen LogP contribution < -0.4 is 10.2 Å². The van der Waals surface area contributed by atoms with Crippen molar-refractivity contribution in [1.29, 1.82) is 0 Å². The first-order chi connectivity index (χ1) is 11.1. The molecule has 2 saturated heterocycles. The maximum absolute atomic E-state index is 12.8. The van der Waals surface area contributed by atoms with Gasteiger partial charge in [0.1, 0.15) is 0 Å². The molecule has 2 aliphatic heterocycles. The molecule has 2 atom stereocenters. The van der Waals surface area contributed by atoms with E-state index >= 15 is 0 Å². The zero-order valence-corrected chi connectivity index (χ0v) is 17.4. The van der Waals surface area contributed by atoms with Crippen molar-refractivity contribution in [2.75, 3.05) is 43.6 Å². The number of rotatable bonds is 4. The van der Waals surface area contributed by atoms with Crippen LogP contribution in [0.5, 0.6) is 0 Å². The molecule has 0 bridgehead atoms. The standard InChI is InChI=1S/C18H27N3OS.2ClH/c1-20(2)16-6-3-5-14(11-16)17-7-4-9-21(17)18(22)12-15-13-23-10-8-19-15;;/h3,5-6,11,15,17,19H,4,7-10,12-13H2,1-2H3;2*1H. The van der Waals surface area contributed by atoms with Crippen LogP contribution in [0.2, 0.25) is 0 Å². The lowest BCUT2D eigenvalue weighted by Gasteiger charge is -2.29. The number of likely N-dealkylation sites (tertiary alicyclic amines) is 1. The highest BCUT2D eigenvalue weighted by Crippen LogP contribution is 2.34. The van der Waals surface area contributed by atoms with Gasteiger partial charge in [0, 0.05) is 56.8 Å². The highest BCUT2D eigenvalue weighted by molar-refractivity contribution is 7.99. The molecule has 0 saturated carbocycles. The minimum absolute atomic E-state index is 0. The van der Waals surface area contributed by atoms with E-state index in [0.717, 1.165) is 37.4 Å². The fourth-order valence-corrected chi connectivity index (χ4v) is 4.45. The van der Waals surface area contributed by atoms with Crippen molar-refractivity contribution >= 4 is 48.2 Å². The van der Waals surface area contributed by atoms with Crippen LogP contribution in [0.3, 0.4) is 0 Å². The molecule has 0 aromatic heterocycles. The topological polar surface area (TPSA) is 35.6 Å². The maximum atomic E-state index is 12.8. The Morgan fingerprint density at radius 3 is 2.84 bits per heavy atom. The van der Waals surface area contributed by atoms with Crippen LogP contribution in [0.15, 0.2) is 24.3 Å². The molecule has 25 heavy (non-hydrogen) atoms. The van der Waals surface area contributed by atoms with Gasteiger partial charge in [0.2, 0.25) is 5.91 Å². The van der Waals surface area contributed by atoms with Crippen molar-refractivity contribution in [3.05, 3.63) is 29.8 Å². The van der Waals surface area contributed by atoms with Crippen LogP contribution in [0.4, 0.5) is 5.69 Å². The molecular weight excluding hydrogens is 377 g/mol. The monoisotopic (exact) mass is 405 g/mol. The second-order valence-corrected chi connectivity index (χ2v) is 7.81. The van der Waals surface area contributed by atoms with E-state index in [1.54, 1.807) is 0 Å². The third kappa shape index (κ3) is 5.68. The summed E-state index contributed by atoms with van der Waals surface area (Å²) in [5, 5.41) is 3.48. The summed E-state index contributed by atoms with van der Waals surface area (Å²) < 4.78 is 0. The van der Waals surface area contributed by atoms with Gasteiger partial charge >= 0.3 is 0 Å². The van der Waals surface area contributed by atoms with Crippen molar-refractivity contribution in [2.45, 2.75) is 31.3 Å². The van der Waals surface area contributed by atoms with Gasteiger partial charge in [-0.3, -0.25) is 4.79 Å². The van der Waals surface area contributed by atoms with Crippen LogP contribution in [0.25, 0.3) is 0 Å². The van der Waals surface area contributed by atoms with Crippen molar-refractivity contribution in [1.82, 2.24) is 10.2 Å². The lowest BCUT2D eigenvalue weighted by molar-refractivity contribution is -0.132. The number of benzene rings is 1. The fraction of sp³-hybridized carbons (Fsp3) is 0.611. The van der Waals surface area contributed by atoms with E-state index in [4.69, 9.17) is 0 Å². The van der Waals surface area contributed by atoms with E-state index in [0.29, 0.717) is 18.4 Å². The number of carbonyl (C=O) groups excluding carboxylic acids is 1. The Bertz CT molecular complexity index is 553. The van der Waals surface area contributed by atoms with Gasteiger partial charge in [-0.1, -0.05) is 12.1 Å². The van der Waals surface area contributed by atoms with Crippen LogP contribution in [0.1, 0.15) is 30.9 Å². The summed E-state index contributed by atoms with van der Waals surface area (Å²) in [4.78, 5) is 17.0. The molecule has 1 N–H and O–H groups in total. The van der Waals surface area contributed by atoms with E-state index in [1.807, 2.05) is 11.8 Å². The summed E-state index contributed by atoms with van der Waals surface area (Å²) in [7, 11) is 4.12. The number of carbonyl (C=O) groups is 1. The average molecular weight is 406 g/mol. The Kier molecular flexibility index (Phi) is 9.43. The van der Waals surface area contributed by atoms with Crippen molar-refractivity contribution in [3.8, 4) is 0 Å². The quantitative estimate of drug-likeness (QED) is 0.832. The molecular formula is C18H29Cl2N3OS. The van der Waals surface area contributed by atoms with E-state index in [2.05, 4.69) is 53.5 Å². The third-order valence-corrected chi connectivity index (χ3v) is 5.89. The average Bonchev–Trinajstić information content (AvgIpc) is 3.05. The molecule has 1 amide bonds. The predicted molar refractivity (Wildman–Crippen MR) is 113 cm³/mol. The van der Waals surface area contributed by atoms with Crippen molar-refractivity contribution in [2.24, 2.45) is 0 Å². The van der Waals surface area contributed by atoms with Crippen LogP contribution >= 0.6 is 36.6 Å². The molecule has 2 aliphatic rings. The number of thioether (sulfide) groups is 1. The summed E-state index contributed by atoms with van der Waals surface area (Å²) >= 11 is 1.95. The SMILES string of the molecule is CN(C)c1cccc(C2CCCN2C(=O)CC2CSCCN2)c1.Cl.Cl. The number of halogens is 2. The first-order valence-corrected chi connectivity index (χ1v) is 9.68. The van der Waals surface area contributed by atoms with Crippen LogP contribution in [-0.4, -0.2) is 55.5 Å². The second-order valence-electron chi connectivity index (χ2n) is 6.66. The Balaban J connectivity index is 0.00000156. The molecule has 2 unspecified atom stereocenters. The number of nitrogens with one attached hydrogen (secondary N) is 1. The fourth-order valence-electron chi connectivity index (χ4n) is 3.50. The second kappa shape index (κ2) is 10.5. The van der Waals surface area contributed by atoms with E-state index in [1.165, 1.54) is 11.3 Å². The Hall–Kier alpha value is -0.620. The summed E-state index contributed by atoms with van der Waals surface area (Å²) in [6, 6.07) is 9.20. The first kappa shape index (κ1) is 22.4. The maximum Gasteiger partial charge on any atom is 0.224 e. The molecule has 4 nitrogen and oxygen atoms in total. The van der Waals surface area contributed by atoms with Gasteiger partial charge in [0.15, 0.2) is 0 Å². The van der Waals surface area contributed by atoms with Gasteiger partial charge in [-0.2, -0.15) is 11.8 Å². The lowest BCUT2D eigenvalue weighted by Crippen LogP contribution is -2.42. The van der Waals surface area contributed by atoms with Crippen molar-refractivity contribution in [3.63, 3.8) is 0 Å². The Morgan fingerprint density at radius 1 is 1.36 bits per heavy atom. The van der Waals surface area contributed by atoms with Gasteiger partial charge in [-0.05, 0) is 30.5 Å². The van der Waals surface area contributed by atoms with Gasteiger partial charge in [-0.15, -0.1) is 24.8 Å². The molecule has 142 valence electrons. The third-order valence-electron chi connectivity index (χ3n) is 4.76. The molecule has 1 aromatic rings. The van der Waals surface area contributed by atoms with E-state index < -0.39 is 0 Å². The molecule has 0 radical (unpaired) electrons. The minimum Gasteiger partial charge on any atom is -0.378 e.